The number of nitrogens with zero attached hydrogens (tertiary/aromatic N) is 1. The van der Waals surface area contributed by atoms with Gasteiger partial charge in [-0.05, 0) is 37.2 Å². The zero-order chi connectivity index (χ0) is 14.5. The van der Waals surface area contributed by atoms with Gasteiger partial charge in [0.15, 0.2) is 0 Å². The zero-order valence-corrected chi connectivity index (χ0v) is 11.8. The number of likely N-dealkylation sites (N-methyl/N-ethyl adjacent to an activating group) is 1. The second kappa shape index (κ2) is 6.55. The van der Waals surface area contributed by atoms with Gasteiger partial charge in [0.1, 0.15) is 6.54 Å². The molecule has 0 saturated heterocycles. The first kappa shape index (κ1) is 14.6. The average Bonchev–Trinajstić information content (AvgIpc) is 2.40. The predicted molar refractivity (Wildman–Crippen MR) is 76.4 cm³/mol. The first-order valence-corrected chi connectivity index (χ1v) is 7.14. The third-order valence-corrected chi connectivity index (χ3v) is 4.03. The van der Waals surface area contributed by atoms with Crippen molar-refractivity contribution < 1.29 is 14.7 Å². The number of carbonyl (C=O) groups is 2. The van der Waals surface area contributed by atoms with Crippen LogP contribution in [-0.4, -0.2) is 35.0 Å². The number of carboxylic acids is 1. The van der Waals surface area contributed by atoms with E-state index < -0.39 is 5.97 Å². The number of amides is 1. The lowest BCUT2D eigenvalue weighted by Gasteiger charge is -2.36. The summed E-state index contributed by atoms with van der Waals surface area (Å²) in [5, 5.41) is 8.77. The maximum absolute atomic E-state index is 12.0. The van der Waals surface area contributed by atoms with E-state index in [0.29, 0.717) is 24.8 Å². The molecular weight excluding hydrogens is 254 g/mol. The van der Waals surface area contributed by atoms with Crippen LogP contribution in [0.2, 0.25) is 0 Å². The molecule has 0 atom stereocenters. The Balaban J connectivity index is 1.79. The van der Waals surface area contributed by atoms with Crippen LogP contribution >= 0.6 is 0 Å². The molecule has 1 aromatic carbocycles. The topological polar surface area (TPSA) is 57.6 Å². The monoisotopic (exact) mass is 275 g/mol. The summed E-state index contributed by atoms with van der Waals surface area (Å²) >= 11 is 0. The summed E-state index contributed by atoms with van der Waals surface area (Å²) in [6.45, 7) is 2.08. The van der Waals surface area contributed by atoms with Gasteiger partial charge in [-0.2, -0.15) is 0 Å². The molecule has 0 aromatic heterocycles. The van der Waals surface area contributed by atoms with Crippen LogP contribution in [-0.2, 0) is 9.59 Å². The molecule has 108 valence electrons. The Kier molecular flexibility index (Phi) is 4.77. The molecule has 1 aliphatic rings. The average molecular weight is 275 g/mol. The van der Waals surface area contributed by atoms with Gasteiger partial charge in [-0.15, -0.1) is 0 Å². The molecule has 1 saturated carbocycles. The van der Waals surface area contributed by atoms with E-state index in [2.05, 4.69) is 12.1 Å². The minimum Gasteiger partial charge on any atom is -0.480 e. The highest BCUT2D eigenvalue weighted by atomic mass is 16.4. The van der Waals surface area contributed by atoms with Gasteiger partial charge in [-0.3, -0.25) is 9.59 Å². The standard InChI is InChI=1S/C16H21NO3/c1-2-17(11-16(19)20)15(18)10-12-8-14(9-12)13-6-4-3-5-7-13/h3-7,12,14H,2,8-11H2,1H3,(H,19,20). The van der Waals surface area contributed by atoms with Gasteiger partial charge in [0.25, 0.3) is 0 Å². The van der Waals surface area contributed by atoms with Crippen LogP contribution in [0.5, 0.6) is 0 Å². The van der Waals surface area contributed by atoms with Crippen LogP contribution in [0.4, 0.5) is 0 Å². The van der Waals surface area contributed by atoms with Crippen molar-refractivity contribution in [2.45, 2.75) is 32.1 Å². The minimum absolute atomic E-state index is 0.0357. The smallest absolute Gasteiger partial charge is 0.323 e. The number of rotatable bonds is 6. The summed E-state index contributed by atoms with van der Waals surface area (Å²) in [6.07, 6.45) is 2.53. The number of hydrogen-bond acceptors (Lipinski definition) is 2. The third-order valence-electron chi connectivity index (χ3n) is 4.03. The van der Waals surface area contributed by atoms with Crippen LogP contribution in [0, 0.1) is 5.92 Å². The second-order valence-corrected chi connectivity index (χ2v) is 5.45. The van der Waals surface area contributed by atoms with Gasteiger partial charge in [0, 0.05) is 13.0 Å². The Morgan fingerprint density at radius 2 is 1.90 bits per heavy atom. The number of carbonyl (C=O) groups excluding carboxylic acids is 1. The third kappa shape index (κ3) is 3.59. The Bertz CT molecular complexity index is 466. The normalized spacial score (nSPS) is 21.1. The largest absolute Gasteiger partial charge is 0.480 e. The van der Waals surface area contributed by atoms with Crippen LogP contribution in [0.3, 0.4) is 0 Å². The lowest BCUT2D eigenvalue weighted by atomic mass is 9.70. The van der Waals surface area contributed by atoms with Gasteiger partial charge >= 0.3 is 5.97 Å². The molecule has 0 radical (unpaired) electrons. The van der Waals surface area contributed by atoms with E-state index in [9.17, 15) is 9.59 Å². The predicted octanol–water partition coefficient (Wildman–Crippen LogP) is 2.50. The Morgan fingerprint density at radius 1 is 1.25 bits per heavy atom. The summed E-state index contributed by atoms with van der Waals surface area (Å²) in [5.41, 5.74) is 1.34. The summed E-state index contributed by atoms with van der Waals surface area (Å²) in [4.78, 5) is 24.1. The molecule has 1 aromatic rings. The molecule has 0 heterocycles. The van der Waals surface area contributed by atoms with Gasteiger partial charge in [0.2, 0.25) is 5.91 Å². The fraction of sp³-hybridized carbons (Fsp3) is 0.500. The molecule has 20 heavy (non-hydrogen) atoms. The molecule has 1 amide bonds. The lowest BCUT2D eigenvalue weighted by molar-refractivity contribution is -0.145. The minimum atomic E-state index is -0.948. The number of benzene rings is 1. The van der Waals surface area contributed by atoms with Crippen molar-refractivity contribution in [3.05, 3.63) is 35.9 Å². The van der Waals surface area contributed by atoms with Crippen molar-refractivity contribution in [3.8, 4) is 0 Å². The van der Waals surface area contributed by atoms with Gasteiger partial charge in [0.05, 0.1) is 0 Å². The molecule has 1 aliphatic carbocycles. The second-order valence-electron chi connectivity index (χ2n) is 5.45. The Labute approximate surface area is 119 Å². The van der Waals surface area contributed by atoms with Crippen LogP contribution in [0.15, 0.2) is 30.3 Å². The molecular formula is C16H21NO3. The van der Waals surface area contributed by atoms with E-state index in [1.165, 1.54) is 10.5 Å². The summed E-state index contributed by atoms with van der Waals surface area (Å²) in [5.74, 6) is -0.0264. The van der Waals surface area contributed by atoms with Crippen molar-refractivity contribution in [2.24, 2.45) is 5.92 Å². The first-order chi connectivity index (χ1) is 9.60. The Hall–Kier alpha value is -1.84. The number of hydrogen-bond donors (Lipinski definition) is 1. The molecule has 4 heteroatoms. The molecule has 0 unspecified atom stereocenters. The number of aliphatic carboxylic acids is 1. The lowest BCUT2D eigenvalue weighted by Crippen LogP contribution is -2.38. The summed E-state index contributed by atoms with van der Waals surface area (Å²) in [7, 11) is 0. The summed E-state index contributed by atoms with van der Waals surface area (Å²) in [6, 6.07) is 10.4. The van der Waals surface area contributed by atoms with E-state index >= 15 is 0 Å². The van der Waals surface area contributed by atoms with E-state index in [1.54, 1.807) is 0 Å². The highest BCUT2D eigenvalue weighted by molar-refractivity contribution is 5.81. The van der Waals surface area contributed by atoms with Crippen LogP contribution in [0.1, 0.15) is 37.7 Å². The molecule has 1 fully saturated rings. The fourth-order valence-corrected chi connectivity index (χ4v) is 2.82. The maximum Gasteiger partial charge on any atom is 0.323 e. The number of carboxylic acid groups (broad SMARTS) is 1. The van der Waals surface area contributed by atoms with E-state index in [1.807, 2.05) is 25.1 Å². The van der Waals surface area contributed by atoms with Crippen molar-refractivity contribution >= 4 is 11.9 Å². The van der Waals surface area contributed by atoms with Crippen LogP contribution in [0.25, 0.3) is 0 Å². The van der Waals surface area contributed by atoms with Gasteiger partial charge < -0.3 is 10.0 Å². The quantitative estimate of drug-likeness (QED) is 0.867. The first-order valence-electron chi connectivity index (χ1n) is 7.14. The van der Waals surface area contributed by atoms with Crippen molar-refractivity contribution in [1.29, 1.82) is 0 Å². The molecule has 0 spiro atoms. The van der Waals surface area contributed by atoms with E-state index in [4.69, 9.17) is 5.11 Å². The van der Waals surface area contributed by atoms with E-state index in [0.717, 1.165) is 12.8 Å². The van der Waals surface area contributed by atoms with E-state index in [-0.39, 0.29) is 12.5 Å². The van der Waals surface area contributed by atoms with Crippen LogP contribution < -0.4 is 0 Å². The zero-order valence-electron chi connectivity index (χ0n) is 11.8. The molecule has 0 bridgehead atoms. The SMILES string of the molecule is CCN(CC(=O)O)C(=O)CC1CC(c2ccccc2)C1. The van der Waals surface area contributed by atoms with Crippen molar-refractivity contribution in [1.82, 2.24) is 4.90 Å². The molecule has 4 nitrogen and oxygen atoms in total. The Morgan fingerprint density at radius 3 is 2.45 bits per heavy atom. The maximum atomic E-state index is 12.0. The highest BCUT2D eigenvalue weighted by Gasteiger charge is 2.32. The van der Waals surface area contributed by atoms with Gasteiger partial charge in [-0.25, -0.2) is 0 Å². The van der Waals surface area contributed by atoms with Crippen molar-refractivity contribution in [2.75, 3.05) is 13.1 Å². The molecule has 1 N–H and O–H groups in total. The molecule has 2 rings (SSSR count). The fourth-order valence-electron chi connectivity index (χ4n) is 2.82. The van der Waals surface area contributed by atoms with Gasteiger partial charge in [-0.1, -0.05) is 30.3 Å². The molecule has 0 aliphatic heterocycles. The van der Waals surface area contributed by atoms with Crippen molar-refractivity contribution in [3.63, 3.8) is 0 Å². The highest BCUT2D eigenvalue weighted by Crippen LogP contribution is 2.43. The summed E-state index contributed by atoms with van der Waals surface area (Å²) < 4.78 is 0.